The van der Waals surface area contributed by atoms with Crippen molar-refractivity contribution < 1.29 is 14.7 Å². The van der Waals surface area contributed by atoms with Crippen molar-refractivity contribution in [3.8, 4) is 0 Å². The van der Waals surface area contributed by atoms with Crippen LogP contribution in [0.2, 0.25) is 5.02 Å². The van der Waals surface area contributed by atoms with Crippen LogP contribution in [0.1, 0.15) is 60.1 Å². The number of halogens is 1. The topological polar surface area (TPSA) is 59.3 Å². The lowest BCUT2D eigenvalue weighted by Crippen LogP contribution is -2.04. The highest BCUT2D eigenvalue weighted by Crippen LogP contribution is 2.30. The summed E-state index contributed by atoms with van der Waals surface area (Å²) in [7, 11) is 1.94. The number of carbonyl (C=O) groups excluding carboxylic acids is 1. The summed E-state index contributed by atoms with van der Waals surface area (Å²) in [6, 6.07) is 16.0. The Hall–Kier alpha value is -2.85. The number of benzene rings is 2. The molecule has 0 aliphatic heterocycles. The lowest BCUT2D eigenvalue weighted by molar-refractivity contribution is -0.137. The molecule has 0 spiro atoms. The Kier molecular flexibility index (Phi) is 8.07. The monoisotopic (exact) mass is 437 g/mol. The molecule has 1 aromatic heterocycles. The molecule has 3 aromatic rings. The molecule has 0 aliphatic carbocycles. The molecule has 0 saturated heterocycles. The predicted octanol–water partition coefficient (Wildman–Crippen LogP) is 6.70. The summed E-state index contributed by atoms with van der Waals surface area (Å²) in [6.07, 6.45) is 8.84. The third kappa shape index (κ3) is 6.08. The molecule has 0 aliphatic rings. The first-order chi connectivity index (χ1) is 15.0. The first-order valence-electron chi connectivity index (χ1n) is 10.7. The number of fused-ring (bicyclic) bond motifs is 1. The normalized spacial score (nSPS) is 11.4. The van der Waals surface area contributed by atoms with E-state index in [9.17, 15) is 9.59 Å². The van der Waals surface area contributed by atoms with Crippen LogP contribution >= 0.6 is 11.6 Å². The maximum atomic E-state index is 13.0. The summed E-state index contributed by atoms with van der Waals surface area (Å²) in [4.78, 5) is 23.8. The zero-order valence-electron chi connectivity index (χ0n) is 17.8. The van der Waals surface area contributed by atoms with Crippen LogP contribution in [0.4, 0.5) is 0 Å². The smallest absolute Gasteiger partial charge is 0.303 e. The highest BCUT2D eigenvalue weighted by Gasteiger charge is 2.20. The van der Waals surface area contributed by atoms with Gasteiger partial charge in [-0.2, -0.15) is 0 Å². The van der Waals surface area contributed by atoms with E-state index in [0.29, 0.717) is 17.0 Å². The van der Waals surface area contributed by atoms with Crippen molar-refractivity contribution in [2.75, 3.05) is 0 Å². The zero-order chi connectivity index (χ0) is 22.2. The van der Waals surface area contributed by atoms with Crippen LogP contribution in [0.15, 0.2) is 54.6 Å². The van der Waals surface area contributed by atoms with Crippen LogP contribution in [0.5, 0.6) is 0 Å². The standard InChI is InChI=1S/C26H28ClNO3/c1-28-22-17-16-20(27)18-21(22)26(24(29)14-9-15-25(30)31)23(28)13-8-3-2-5-10-19-11-6-4-7-12-19/h4,6-8,11-13,16-18H,2-3,5,9-10,14-15H2,1H3,(H,30,31)/b13-8+. The van der Waals surface area contributed by atoms with Gasteiger partial charge in [0, 0.05) is 35.8 Å². The van der Waals surface area contributed by atoms with Gasteiger partial charge >= 0.3 is 5.97 Å². The maximum Gasteiger partial charge on any atom is 0.303 e. The largest absolute Gasteiger partial charge is 0.481 e. The Labute approximate surface area is 188 Å². The molecule has 5 heteroatoms. The molecule has 0 saturated carbocycles. The summed E-state index contributed by atoms with van der Waals surface area (Å²) < 4.78 is 2.01. The summed E-state index contributed by atoms with van der Waals surface area (Å²) in [5.41, 5.74) is 3.77. The van der Waals surface area contributed by atoms with Crippen LogP contribution < -0.4 is 0 Å². The summed E-state index contributed by atoms with van der Waals surface area (Å²) in [5, 5.41) is 10.3. The number of allylic oxidation sites excluding steroid dienone is 1. The minimum Gasteiger partial charge on any atom is -0.481 e. The quantitative estimate of drug-likeness (QED) is 0.268. The molecule has 2 aromatic carbocycles. The lowest BCUT2D eigenvalue weighted by atomic mass is 10.0. The molecular formula is C26H28ClNO3. The average molecular weight is 438 g/mol. The highest BCUT2D eigenvalue weighted by molar-refractivity contribution is 6.31. The number of carboxylic acids is 1. The van der Waals surface area contributed by atoms with E-state index in [-0.39, 0.29) is 18.6 Å². The molecule has 0 radical (unpaired) electrons. The fraction of sp³-hybridized carbons (Fsp3) is 0.308. The number of unbranched alkanes of at least 4 members (excludes halogenated alkanes) is 2. The molecule has 0 unspecified atom stereocenters. The first kappa shape index (κ1) is 22.8. The fourth-order valence-electron chi connectivity index (χ4n) is 3.88. The van der Waals surface area contributed by atoms with Gasteiger partial charge in [0.05, 0.1) is 11.3 Å². The Balaban J connectivity index is 1.73. The van der Waals surface area contributed by atoms with E-state index >= 15 is 0 Å². The second kappa shape index (κ2) is 11.0. The van der Waals surface area contributed by atoms with Crippen LogP contribution in [0.3, 0.4) is 0 Å². The molecule has 0 amide bonds. The summed E-state index contributed by atoms with van der Waals surface area (Å²) in [6.45, 7) is 0. The molecule has 0 bridgehead atoms. The molecular weight excluding hydrogens is 410 g/mol. The van der Waals surface area contributed by atoms with Crippen molar-refractivity contribution in [2.45, 2.75) is 44.9 Å². The Morgan fingerprint density at radius 1 is 1.03 bits per heavy atom. The third-order valence-electron chi connectivity index (χ3n) is 5.48. The van der Waals surface area contributed by atoms with Gasteiger partial charge in [-0.15, -0.1) is 0 Å². The average Bonchev–Trinajstić information content (AvgIpc) is 3.02. The van der Waals surface area contributed by atoms with Crippen molar-refractivity contribution in [1.29, 1.82) is 0 Å². The van der Waals surface area contributed by atoms with Gasteiger partial charge < -0.3 is 9.67 Å². The van der Waals surface area contributed by atoms with Gasteiger partial charge in [-0.05, 0) is 61.9 Å². The predicted molar refractivity (Wildman–Crippen MR) is 127 cm³/mol. The second-order valence-corrected chi connectivity index (χ2v) is 8.22. The van der Waals surface area contributed by atoms with Gasteiger partial charge in [-0.1, -0.05) is 48.0 Å². The van der Waals surface area contributed by atoms with Crippen molar-refractivity contribution in [2.24, 2.45) is 7.05 Å². The van der Waals surface area contributed by atoms with Gasteiger partial charge in [0.15, 0.2) is 5.78 Å². The van der Waals surface area contributed by atoms with E-state index in [1.54, 1.807) is 0 Å². The van der Waals surface area contributed by atoms with Gasteiger partial charge in [0.2, 0.25) is 0 Å². The van der Waals surface area contributed by atoms with Gasteiger partial charge in [0.1, 0.15) is 0 Å². The van der Waals surface area contributed by atoms with Crippen molar-refractivity contribution >= 4 is 40.3 Å². The number of rotatable bonds is 11. The number of hydrogen-bond donors (Lipinski definition) is 1. The Bertz CT molecular complexity index is 1080. The van der Waals surface area contributed by atoms with Crippen molar-refractivity contribution in [1.82, 2.24) is 4.57 Å². The number of ketones is 1. The van der Waals surface area contributed by atoms with Crippen molar-refractivity contribution in [3.05, 3.63) is 76.5 Å². The molecule has 31 heavy (non-hydrogen) atoms. The van der Waals surface area contributed by atoms with Gasteiger partial charge in [-0.25, -0.2) is 0 Å². The lowest BCUT2D eigenvalue weighted by Gasteiger charge is -2.04. The summed E-state index contributed by atoms with van der Waals surface area (Å²) >= 11 is 6.20. The number of carboxylic acid groups (broad SMARTS) is 1. The second-order valence-electron chi connectivity index (χ2n) is 7.78. The summed E-state index contributed by atoms with van der Waals surface area (Å²) in [5.74, 6) is -0.928. The van der Waals surface area contributed by atoms with E-state index in [0.717, 1.165) is 42.3 Å². The number of aromatic nitrogens is 1. The van der Waals surface area contributed by atoms with E-state index < -0.39 is 5.97 Å². The minimum atomic E-state index is -0.885. The van der Waals surface area contributed by atoms with Crippen LogP contribution in [0.25, 0.3) is 17.0 Å². The maximum absolute atomic E-state index is 13.0. The molecule has 4 nitrogen and oxygen atoms in total. The van der Waals surface area contributed by atoms with E-state index in [4.69, 9.17) is 16.7 Å². The highest BCUT2D eigenvalue weighted by atomic mass is 35.5. The number of aliphatic carboxylic acids is 1. The van der Waals surface area contributed by atoms with Crippen LogP contribution in [0, 0.1) is 0 Å². The van der Waals surface area contributed by atoms with Crippen LogP contribution in [-0.4, -0.2) is 21.4 Å². The molecule has 0 fully saturated rings. The molecule has 1 heterocycles. The fourth-order valence-corrected chi connectivity index (χ4v) is 4.05. The van der Waals surface area contributed by atoms with Crippen LogP contribution in [-0.2, 0) is 18.3 Å². The first-order valence-corrected chi connectivity index (χ1v) is 11.1. The molecule has 162 valence electrons. The number of nitrogens with zero attached hydrogens (tertiary/aromatic N) is 1. The Morgan fingerprint density at radius 3 is 2.55 bits per heavy atom. The molecule has 1 N–H and O–H groups in total. The zero-order valence-corrected chi connectivity index (χ0v) is 18.6. The van der Waals surface area contributed by atoms with E-state index in [1.165, 1.54) is 5.56 Å². The third-order valence-corrected chi connectivity index (χ3v) is 5.72. The number of carbonyl (C=O) groups is 2. The molecule has 0 atom stereocenters. The Morgan fingerprint density at radius 2 is 1.81 bits per heavy atom. The van der Waals surface area contributed by atoms with E-state index in [1.807, 2.05) is 42.0 Å². The molecule has 3 rings (SSSR count). The van der Waals surface area contributed by atoms with E-state index in [2.05, 4.69) is 30.3 Å². The SMILES string of the molecule is Cn1c(/C=C/CCCCc2ccccc2)c(C(=O)CCCC(=O)O)c2cc(Cl)ccc21. The number of hydrogen-bond acceptors (Lipinski definition) is 2. The van der Waals surface area contributed by atoms with Gasteiger partial charge in [-0.3, -0.25) is 9.59 Å². The van der Waals surface area contributed by atoms with Gasteiger partial charge in [0.25, 0.3) is 0 Å². The number of aryl methyl sites for hydroxylation is 2. The van der Waals surface area contributed by atoms with Crippen molar-refractivity contribution in [3.63, 3.8) is 0 Å². The minimum absolute atomic E-state index is 0.0101. The number of Topliss-reactive ketones (excluding diaryl/α,β-unsaturated/α-hetero) is 1.